The lowest BCUT2D eigenvalue weighted by Crippen LogP contribution is -2.58. The topological polar surface area (TPSA) is 64.7 Å². The zero-order valence-corrected chi connectivity index (χ0v) is 18.9. The van der Waals surface area contributed by atoms with Crippen LogP contribution in [0.2, 0.25) is 0 Å². The number of hydrogen-bond acceptors (Lipinski definition) is 4. The number of carbonyl (C=O) groups excluding carboxylic acids is 2. The first-order chi connectivity index (χ1) is 14.4. The zero-order chi connectivity index (χ0) is 21.7. The van der Waals surface area contributed by atoms with Crippen LogP contribution in [0.25, 0.3) is 0 Å². The molecule has 2 aliphatic heterocycles. The number of amides is 2. The van der Waals surface area contributed by atoms with Gasteiger partial charge in [-0.05, 0) is 57.2 Å². The fraction of sp³-hybridized carbons (Fsp3) is 0.667. The van der Waals surface area contributed by atoms with Crippen molar-refractivity contribution in [3.63, 3.8) is 0 Å². The monoisotopic (exact) mass is 414 g/mol. The van der Waals surface area contributed by atoms with Gasteiger partial charge in [0.25, 0.3) is 0 Å². The molecule has 2 N–H and O–H groups in total. The van der Waals surface area contributed by atoms with Crippen molar-refractivity contribution in [3.05, 3.63) is 35.9 Å². The predicted molar refractivity (Wildman–Crippen MR) is 120 cm³/mol. The van der Waals surface area contributed by atoms with Crippen LogP contribution < -0.4 is 10.6 Å². The van der Waals surface area contributed by atoms with Crippen LogP contribution in [0.3, 0.4) is 0 Å². The Morgan fingerprint density at radius 3 is 2.47 bits per heavy atom. The molecule has 2 unspecified atom stereocenters. The molecule has 4 atom stereocenters. The quantitative estimate of drug-likeness (QED) is 0.682. The minimum Gasteiger partial charge on any atom is -0.343 e. The van der Waals surface area contributed by atoms with Gasteiger partial charge in [0.15, 0.2) is 0 Å². The molecule has 0 aromatic heterocycles. The molecule has 2 fully saturated rings. The molecule has 6 heteroatoms. The number of hydrogen-bond donors (Lipinski definition) is 2. The standard InChI is InChI=1S/C24H38N4O2/c1-17(2)22(26-23(29)18(3)25-4)24(30)28-15-12-20-11-14-27(16-21(20)28)13-10-19-8-6-5-7-9-19/h5-9,17-18,20-22,25H,10-16H2,1-4H3,(H,26,29)/t18?,20-,21-,22?/m0/s1. The van der Waals surface area contributed by atoms with E-state index in [4.69, 9.17) is 0 Å². The molecule has 0 aliphatic carbocycles. The first-order valence-electron chi connectivity index (χ1n) is 11.4. The highest BCUT2D eigenvalue weighted by Crippen LogP contribution is 2.32. The van der Waals surface area contributed by atoms with Gasteiger partial charge in [-0.25, -0.2) is 0 Å². The highest BCUT2D eigenvalue weighted by Gasteiger charge is 2.43. The summed E-state index contributed by atoms with van der Waals surface area (Å²) in [4.78, 5) is 30.4. The summed E-state index contributed by atoms with van der Waals surface area (Å²) in [6.45, 7) is 9.71. The Hall–Kier alpha value is -1.92. The second-order valence-electron chi connectivity index (χ2n) is 9.21. The van der Waals surface area contributed by atoms with Gasteiger partial charge in [-0.15, -0.1) is 0 Å². The van der Waals surface area contributed by atoms with Crippen LogP contribution in [0, 0.1) is 11.8 Å². The van der Waals surface area contributed by atoms with Crippen molar-refractivity contribution in [2.75, 3.05) is 33.2 Å². The van der Waals surface area contributed by atoms with E-state index in [1.807, 2.05) is 20.8 Å². The molecular formula is C24H38N4O2. The molecule has 0 saturated carbocycles. The normalized spacial score (nSPS) is 23.8. The Kier molecular flexibility index (Phi) is 7.89. The number of nitrogens with zero attached hydrogens (tertiary/aromatic N) is 2. The van der Waals surface area contributed by atoms with E-state index in [0.29, 0.717) is 5.92 Å². The number of likely N-dealkylation sites (N-methyl/N-ethyl adjacent to an activating group) is 1. The summed E-state index contributed by atoms with van der Waals surface area (Å²) in [5.74, 6) is 0.608. The highest BCUT2D eigenvalue weighted by atomic mass is 16.2. The zero-order valence-electron chi connectivity index (χ0n) is 18.9. The number of benzene rings is 1. The maximum Gasteiger partial charge on any atom is 0.245 e. The number of fused-ring (bicyclic) bond motifs is 1. The summed E-state index contributed by atoms with van der Waals surface area (Å²) < 4.78 is 0. The molecule has 166 valence electrons. The number of likely N-dealkylation sites (tertiary alicyclic amines) is 2. The molecule has 2 saturated heterocycles. The van der Waals surface area contributed by atoms with Crippen LogP contribution in [0.15, 0.2) is 30.3 Å². The van der Waals surface area contributed by atoms with E-state index in [0.717, 1.165) is 45.4 Å². The van der Waals surface area contributed by atoms with E-state index in [9.17, 15) is 9.59 Å². The number of nitrogens with one attached hydrogen (secondary N) is 2. The summed E-state index contributed by atoms with van der Waals surface area (Å²) >= 11 is 0. The Morgan fingerprint density at radius 2 is 1.80 bits per heavy atom. The van der Waals surface area contributed by atoms with Crippen molar-refractivity contribution < 1.29 is 9.59 Å². The Labute approximate surface area is 181 Å². The van der Waals surface area contributed by atoms with E-state index in [-0.39, 0.29) is 29.8 Å². The predicted octanol–water partition coefficient (Wildman–Crippen LogP) is 1.90. The molecule has 6 nitrogen and oxygen atoms in total. The summed E-state index contributed by atoms with van der Waals surface area (Å²) in [5, 5.41) is 5.94. The smallest absolute Gasteiger partial charge is 0.245 e. The molecule has 2 amide bonds. The largest absolute Gasteiger partial charge is 0.343 e. The van der Waals surface area contributed by atoms with Gasteiger partial charge in [0.1, 0.15) is 6.04 Å². The van der Waals surface area contributed by atoms with Crippen LogP contribution >= 0.6 is 0 Å². The lowest BCUT2D eigenvalue weighted by molar-refractivity contribution is -0.139. The highest BCUT2D eigenvalue weighted by molar-refractivity contribution is 5.90. The van der Waals surface area contributed by atoms with Crippen LogP contribution in [0.4, 0.5) is 0 Å². The van der Waals surface area contributed by atoms with Gasteiger partial charge >= 0.3 is 0 Å². The van der Waals surface area contributed by atoms with E-state index >= 15 is 0 Å². The molecule has 0 spiro atoms. The van der Waals surface area contributed by atoms with E-state index in [1.54, 1.807) is 7.05 Å². The van der Waals surface area contributed by atoms with Crippen molar-refractivity contribution in [2.45, 2.75) is 58.2 Å². The summed E-state index contributed by atoms with van der Waals surface area (Å²) in [6.07, 6.45) is 3.27. The van der Waals surface area contributed by atoms with Gasteiger partial charge in [-0.2, -0.15) is 0 Å². The minimum atomic E-state index is -0.466. The third-order valence-electron chi connectivity index (χ3n) is 6.85. The fourth-order valence-electron chi connectivity index (χ4n) is 4.72. The van der Waals surface area contributed by atoms with E-state index in [2.05, 4.69) is 50.8 Å². The second-order valence-corrected chi connectivity index (χ2v) is 9.21. The molecule has 3 rings (SSSR count). The number of rotatable bonds is 8. The molecule has 2 heterocycles. The Bertz CT molecular complexity index is 708. The Morgan fingerprint density at radius 1 is 1.10 bits per heavy atom. The molecule has 1 aromatic rings. The maximum atomic E-state index is 13.4. The van der Waals surface area contributed by atoms with Crippen molar-refractivity contribution in [1.29, 1.82) is 0 Å². The van der Waals surface area contributed by atoms with Crippen molar-refractivity contribution in [3.8, 4) is 0 Å². The molecule has 2 aliphatic rings. The first kappa shape index (κ1) is 22.8. The van der Waals surface area contributed by atoms with Crippen LogP contribution in [-0.2, 0) is 16.0 Å². The van der Waals surface area contributed by atoms with Gasteiger partial charge in [0.2, 0.25) is 11.8 Å². The maximum absolute atomic E-state index is 13.4. The van der Waals surface area contributed by atoms with Gasteiger partial charge in [-0.1, -0.05) is 44.2 Å². The lowest BCUT2D eigenvalue weighted by atomic mass is 9.91. The van der Waals surface area contributed by atoms with Crippen molar-refractivity contribution >= 4 is 11.8 Å². The van der Waals surface area contributed by atoms with Crippen LogP contribution in [0.5, 0.6) is 0 Å². The molecular weight excluding hydrogens is 376 g/mol. The summed E-state index contributed by atoms with van der Waals surface area (Å²) in [6, 6.07) is 10.1. The number of carbonyl (C=O) groups is 2. The summed E-state index contributed by atoms with van der Waals surface area (Å²) in [7, 11) is 1.76. The minimum absolute atomic E-state index is 0.0577. The molecule has 30 heavy (non-hydrogen) atoms. The summed E-state index contributed by atoms with van der Waals surface area (Å²) in [5.41, 5.74) is 1.36. The average molecular weight is 415 g/mol. The lowest BCUT2D eigenvalue weighted by Gasteiger charge is -2.40. The van der Waals surface area contributed by atoms with Gasteiger partial charge < -0.3 is 20.4 Å². The molecule has 0 radical (unpaired) electrons. The van der Waals surface area contributed by atoms with E-state index in [1.165, 1.54) is 5.56 Å². The third-order valence-corrected chi connectivity index (χ3v) is 6.85. The molecule has 0 bridgehead atoms. The van der Waals surface area contributed by atoms with Crippen LogP contribution in [0.1, 0.15) is 39.2 Å². The first-order valence-corrected chi connectivity index (χ1v) is 11.4. The number of piperidine rings is 1. The van der Waals surface area contributed by atoms with Crippen molar-refractivity contribution in [2.24, 2.45) is 11.8 Å². The Balaban J connectivity index is 1.62. The SMILES string of the molecule is CNC(C)C(=O)NC(C(=O)N1CC[C@@H]2CCN(CCc3ccccc3)C[C@@H]21)C(C)C. The fourth-order valence-corrected chi connectivity index (χ4v) is 4.72. The van der Waals surface area contributed by atoms with E-state index < -0.39 is 6.04 Å². The van der Waals surface area contributed by atoms with Crippen molar-refractivity contribution in [1.82, 2.24) is 20.4 Å². The van der Waals surface area contributed by atoms with Crippen LogP contribution in [-0.4, -0.2) is 73.0 Å². The van der Waals surface area contributed by atoms with Gasteiger partial charge in [0.05, 0.1) is 6.04 Å². The van der Waals surface area contributed by atoms with Gasteiger partial charge in [0, 0.05) is 25.7 Å². The second kappa shape index (κ2) is 10.4. The third kappa shape index (κ3) is 5.41. The molecule has 1 aromatic carbocycles. The van der Waals surface area contributed by atoms with Gasteiger partial charge in [-0.3, -0.25) is 9.59 Å². The average Bonchev–Trinajstić information content (AvgIpc) is 3.18.